The first kappa shape index (κ1) is 15.0. The molecule has 0 aliphatic rings. The zero-order chi connectivity index (χ0) is 14.5. The zero-order valence-electron chi connectivity index (χ0n) is 9.99. The molecule has 0 aromatic heterocycles. The van der Waals surface area contributed by atoms with Crippen LogP contribution in [0.5, 0.6) is 0 Å². The second-order valence-electron chi connectivity index (χ2n) is 3.76. The minimum atomic E-state index is -0.509. The summed E-state index contributed by atoms with van der Waals surface area (Å²) in [5.41, 5.74) is 1.40. The molecule has 2 aromatic carbocycles. The summed E-state index contributed by atoms with van der Waals surface area (Å²) in [5, 5.41) is 11.6. The molecule has 0 bridgehead atoms. The molecule has 0 aliphatic carbocycles. The van der Waals surface area contributed by atoms with E-state index in [-0.39, 0.29) is 5.69 Å². The van der Waals surface area contributed by atoms with E-state index >= 15 is 0 Å². The van der Waals surface area contributed by atoms with E-state index in [0.717, 1.165) is 0 Å². The number of hydrogen-bond donors (Lipinski definition) is 0. The predicted molar refractivity (Wildman–Crippen MR) is 83.0 cm³/mol. The summed E-state index contributed by atoms with van der Waals surface area (Å²) in [7, 11) is 5.86. The fourth-order valence-corrected chi connectivity index (χ4v) is 3.45. The van der Waals surface area contributed by atoms with E-state index in [9.17, 15) is 10.1 Å². The molecule has 0 saturated carbocycles. The van der Waals surface area contributed by atoms with Crippen molar-refractivity contribution in [3.8, 4) is 0 Å². The van der Waals surface area contributed by atoms with E-state index in [0.29, 0.717) is 20.7 Å². The van der Waals surface area contributed by atoms with Crippen LogP contribution < -0.4 is 4.46 Å². The Hall–Kier alpha value is -1.39. The van der Waals surface area contributed by atoms with Crippen LogP contribution in [-0.4, -0.2) is 25.2 Å². The Labute approximate surface area is 131 Å². The van der Waals surface area contributed by atoms with Crippen molar-refractivity contribution in [2.24, 2.45) is 4.99 Å². The summed E-state index contributed by atoms with van der Waals surface area (Å²) < 4.78 is 0.518. The van der Waals surface area contributed by atoms with Gasteiger partial charge in [-0.15, -0.1) is 0 Å². The van der Waals surface area contributed by atoms with Crippen LogP contribution in [0.15, 0.2) is 47.5 Å². The van der Waals surface area contributed by atoms with Gasteiger partial charge in [-0.25, -0.2) is 0 Å². The van der Waals surface area contributed by atoms with Gasteiger partial charge in [-0.05, 0) is 0 Å². The Morgan fingerprint density at radius 3 is 2.50 bits per heavy atom. The SMILES string of the molecule is O=[N+]([O-])c1cccc(C=Nc2ccc(Cl)cc2)c1[Se]Cl. The van der Waals surface area contributed by atoms with Crippen LogP contribution in [0.1, 0.15) is 5.56 Å². The second kappa shape index (κ2) is 6.86. The number of halogens is 2. The number of nitro groups is 1. The van der Waals surface area contributed by atoms with Gasteiger partial charge in [0.05, 0.1) is 0 Å². The molecule has 0 unspecified atom stereocenters. The molecule has 20 heavy (non-hydrogen) atoms. The molecule has 0 amide bonds. The van der Waals surface area contributed by atoms with Gasteiger partial charge in [-0.3, -0.25) is 0 Å². The van der Waals surface area contributed by atoms with Crippen molar-refractivity contribution in [3.63, 3.8) is 0 Å². The maximum atomic E-state index is 10.9. The standard InChI is InChI=1S/C13H8Cl2N2O2Se/c14-10-4-6-11(7-5-10)16-8-9-2-1-3-12(17(18)19)13(9)20-15/h1-8H. The third-order valence-corrected chi connectivity index (χ3v) is 4.79. The molecule has 0 spiro atoms. The fraction of sp³-hybridized carbons (Fsp3) is 0. The first-order chi connectivity index (χ1) is 9.61. The van der Waals surface area contributed by atoms with E-state index < -0.39 is 19.0 Å². The Kier molecular flexibility index (Phi) is 5.15. The number of nitro benzene ring substituents is 1. The molecule has 0 radical (unpaired) electrons. The normalized spacial score (nSPS) is 10.9. The first-order valence-corrected chi connectivity index (χ1v) is 8.96. The van der Waals surface area contributed by atoms with Gasteiger partial charge in [0.2, 0.25) is 0 Å². The summed E-state index contributed by atoms with van der Waals surface area (Å²) >= 11 is 5.28. The Morgan fingerprint density at radius 1 is 1.20 bits per heavy atom. The molecule has 7 heteroatoms. The van der Waals surface area contributed by atoms with E-state index in [4.69, 9.17) is 21.7 Å². The molecule has 0 N–H and O–H groups in total. The van der Waals surface area contributed by atoms with Crippen molar-refractivity contribution in [2.75, 3.05) is 0 Å². The van der Waals surface area contributed by atoms with Gasteiger partial charge in [-0.2, -0.15) is 0 Å². The Balaban J connectivity index is 2.36. The molecule has 0 aliphatic heterocycles. The monoisotopic (exact) mass is 374 g/mol. The van der Waals surface area contributed by atoms with E-state index in [1.54, 1.807) is 42.6 Å². The van der Waals surface area contributed by atoms with Crippen molar-refractivity contribution in [2.45, 2.75) is 0 Å². The molecular weight excluding hydrogens is 366 g/mol. The zero-order valence-corrected chi connectivity index (χ0v) is 13.2. The summed E-state index contributed by atoms with van der Waals surface area (Å²) in [4.78, 5) is 14.8. The number of nitrogens with zero attached hydrogens (tertiary/aromatic N) is 2. The number of rotatable bonds is 4. The average molecular weight is 374 g/mol. The van der Waals surface area contributed by atoms with E-state index in [1.165, 1.54) is 6.07 Å². The van der Waals surface area contributed by atoms with Crippen molar-refractivity contribution in [1.29, 1.82) is 0 Å². The molecule has 0 atom stereocenters. The van der Waals surface area contributed by atoms with E-state index in [1.807, 2.05) is 0 Å². The first-order valence-electron chi connectivity index (χ1n) is 5.47. The molecule has 0 fully saturated rings. The van der Waals surface area contributed by atoms with Gasteiger partial charge < -0.3 is 0 Å². The predicted octanol–water partition coefficient (Wildman–Crippen LogP) is 3.48. The number of benzene rings is 2. The van der Waals surface area contributed by atoms with Gasteiger partial charge in [0.25, 0.3) is 0 Å². The third-order valence-electron chi connectivity index (χ3n) is 2.48. The van der Waals surface area contributed by atoms with Gasteiger partial charge >= 0.3 is 131 Å². The van der Waals surface area contributed by atoms with Crippen molar-refractivity contribution >= 4 is 57.8 Å². The fourth-order valence-electron chi connectivity index (χ4n) is 1.54. The second-order valence-corrected chi connectivity index (χ2v) is 6.18. The summed E-state index contributed by atoms with van der Waals surface area (Å²) in [6.07, 6.45) is 1.58. The van der Waals surface area contributed by atoms with Crippen LogP contribution in [-0.2, 0) is 0 Å². The molecular formula is C13H8Cl2N2O2Se. The van der Waals surface area contributed by atoms with Gasteiger partial charge in [0.1, 0.15) is 0 Å². The summed E-state index contributed by atoms with van der Waals surface area (Å²) in [6, 6.07) is 11.8. The third kappa shape index (κ3) is 3.58. The maximum absolute atomic E-state index is 10.9. The quantitative estimate of drug-likeness (QED) is 0.356. The van der Waals surface area contributed by atoms with E-state index in [2.05, 4.69) is 4.99 Å². The van der Waals surface area contributed by atoms with Crippen molar-refractivity contribution in [3.05, 3.63) is 63.2 Å². The van der Waals surface area contributed by atoms with Crippen molar-refractivity contribution in [1.82, 2.24) is 0 Å². The average Bonchev–Trinajstić information content (AvgIpc) is 2.46. The molecule has 2 rings (SSSR count). The van der Waals surface area contributed by atoms with Gasteiger partial charge in [0, 0.05) is 0 Å². The molecule has 0 heterocycles. The molecule has 2 aromatic rings. The van der Waals surface area contributed by atoms with Crippen LogP contribution in [0, 0.1) is 10.1 Å². The minimum absolute atomic E-state index is 0.0278. The Bertz CT molecular complexity index is 660. The number of aliphatic imine (C=N–C) groups is 1. The Morgan fingerprint density at radius 2 is 1.90 bits per heavy atom. The van der Waals surface area contributed by atoms with Crippen LogP contribution in [0.25, 0.3) is 0 Å². The molecule has 0 saturated heterocycles. The topological polar surface area (TPSA) is 55.5 Å². The molecule has 102 valence electrons. The summed E-state index contributed by atoms with van der Waals surface area (Å²) in [5.74, 6) is 0. The van der Waals surface area contributed by atoms with Gasteiger partial charge in [-0.1, -0.05) is 0 Å². The van der Waals surface area contributed by atoms with Crippen molar-refractivity contribution < 1.29 is 4.92 Å². The summed E-state index contributed by atoms with van der Waals surface area (Å²) in [6.45, 7) is 0. The van der Waals surface area contributed by atoms with Crippen LogP contribution in [0.2, 0.25) is 5.02 Å². The number of hydrogen-bond acceptors (Lipinski definition) is 3. The molecule has 4 nitrogen and oxygen atoms in total. The van der Waals surface area contributed by atoms with Crippen LogP contribution in [0.4, 0.5) is 11.4 Å². The van der Waals surface area contributed by atoms with Gasteiger partial charge in [0.15, 0.2) is 0 Å². The van der Waals surface area contributed by atoms with Crippen LogP contribution in [0.3, 0.4) is 0 Å². The van der Waals surface area contributed by atoms with Crippen LogP contribution >= 0.6 is 21.7 Å².